The summed E-state index contributed by atoms with van der Waals surface area (Å²) < 4.78 is 6.09. The molecule has 1 amide bonds. The van der Waals surface area contributed by atoms with Crippen molar-refractivity contribution in [3.63, 3.8) is 0 Å². The number of rotatable bonds is 2. The van der Waals surface area contributed by atoms with Gasteiger partial charge in [0.2, 0.25) is 0 Å². The van der Waals surface area contributed by atoms with Crippen LogP contribution in [0, 0.1) is 0 Å². The van der Waals surface area contributed by atoms with Gasteiger partial charge in [0.05, 0.1) is 11.0 Å². The molecule has 0 radical (unpaired) electrons. The zero-order valence-corrected chi connectivity index (χ0v) is 14.9. The summed E-state index contributed by atoms with van der Waals surface area (Å²) >= 11 is 3.42. The second kappa shape index (κ2) is 6.74. The lowest BCUT2D eigenvalue weighted by Gasteiger charge is -2.40. The van der Waals surface area contributed by atoms with Gasteiger partial charge in [-0.25, -0.2) is 14.6 Å². The molecule has 0 spiro atoms. The lowest BCUT2D eigenvalue weighted by Crippen LogP contribution is -2.59. The lowest BCUT2D eigenvalue weighted by atomic mass is 10.1. The number of hydrogen-bond donors (Lipinski definition) is 1. The molecule has 0 aliphatic carbocycles. The zero-order valence-electron chi connectivity index (χ0n) is 13.3. The SMILES string of the molecule is CC(C)(C)OC(=O)N1CCN(c2ncccc2Br)C[C@H]1C(=O)O. The van der Waals surface area contributed by atoms with Crippen molar-refractivity contribution in [3.05, 3.63) is 22.8 Å². The van der Waals surface area contributed by atoms with Crippen LogP contribution in [0.3, 0.4) is 0 Å². The number of carbonyl (C=O) groups excluding carboxylic acids is 1. The van der Waals surface area contributed by atoms with Gasteiger partial charge >= 0.3 is 12.1 Å². The van der Waals surface area contributed by atoms with Crippen LogP contribution in [-0.2, 0) is 9.53 Å². The Hall–Kier alpha value is -1.83. The number of ether oxygens (including phenoxy) is 1. The van der Waals surface area contributed by atoms with E-state index in [-0.39, 0.29) is 13.1 Å². The average Bonchev–Trinajstić information content (AvgIpc) is 2.45. The number of carboxylic acids is 1. The Labute approximate surface area is 143 Å². The van der Waals surface area contributed by atoms with Crippen LogP contribution in [0.25, 0.3) is 0 Å². The van der Waals surface area contributed by atoms with Gasteiger partial charge in [0.15, 0.2) is 0 Å². The maximum Gasteiger partial charge on any atom is 0.411 e. The molecule has 23 heavy (non-hydrogen) atoms. The number of carbonyl (C=O) groups is 2. The molecule has 1 aromatic rings. The number of carboxylic acid groups (broad SMARTS) is 1. The smallest absolute Gasteiger partial charge is 0.411 e. The summed E-state index contributed by atoms with van der Waals surface area (Å²) in [5.41, 5.74) is -0.665. The van der Waals surface area contributed by atoms with Crippen LogP contribution in [0.5, 0.6) is 0 Å². The second-order valence-electron chi connectivity index (χ2n) is 6.28. The summed E-state index contributed by atoms with van der Waals surface area (Å²) in [6.07, 6.45) is 1.04. The van der Waals surface area contributed by atoms with Crippen molar-refractivity contribution in [2.45, 2.75) is 32.4 Å². The van der Waals surface area contributed by atoms with E-state index < -0.39 is 23.7 Å². The van der Waals surface area contributed by atoms with Crippen molar-refractivity contribution in [1.29, 1.82) is 0 Å². The Morgan fingerprint density at radius 2 is 2.09 bits per heavy atom. The predicted molar refractivity (Wildman–Crippen MR) is 88.5 cm³/mol. The first-order valence-electron chi connectivity index (χ1n) is 7.27. The zero-order chi connectivity index (χ0) is 17.2. The minimum atomic E-state index is -1.06. The fraction of sp³-hybridized carbons (Fsp3) is 0.533. The minimum absolute atomic E-state index is 0.157. The number of aromatic nitrogens is 1. The molecule has 8 heteroatoms. The first-order valence-corrected chi connectivity index (χ1v) is 8.06. The van der Waals surface area contributed by atoms with E-state index >= 15 is 0 Å². The highest BCUT2D eigenvalue weighted by Gasteiger charge is 2.38. The maximum absolute atomic E-state index is 12.2. The number of pyridine rings is 1. The van der Waals surface area contributed by atoms with Crippen LogP contribution in [0.1, 0.15) is 20.8 Å². The van der Waals surface area contributed by atoms with Crippen molar-refractivity contribution in [3.8, 4) is 0 Å². The standard InChI is InChI=1S/C15H20BrN3O4/c1-15(2,3)23-14(22)19-8-7-18(9-11(19)13(20)21)12-10(16)5-4-6-17-12/h4-6,11H,7-9H2,1-3H3,(H,20,21)/t11-/m0/s1. The first kappa shape index (κ1) is 17.5. The number of hydrogen-bond acceptors (Lipinski definition) is 5. The predicted octanol–water partition coefficient (Wildman–Crippen LogP) is 2.35. The Bertz CT molecular complexity index is 603. The molecular weight excluding hydrogens is 366 g/mol. The fourth-order valence-corrected chi connectivity index (χ4v) is 2.84. The summed E-state index contributed by atoms with van der Waals surface area (Å²) in [4.78, 5) is 31.2. The molecule has 1 atom stereocenters. The molecule has 0 bridgehead atoms. The van der Waals surface area contributed by atoms with Gasteiger partial charge in [-0.1, -0.05) is 0 Å². The van der Waals surface area contributed by atoms with Crippen LogP contribution in [0.2, 0.25) is 0 Å². The topological polar surface area (TPSA) is 83.0 Å². The van der Waals surface area contributed by atoms with Crippen molar-refractivity contribution in [2.75, 3.05) is 24.5 Å². The average molecular weight is 386 g/mol. The molecule has 1 aliphatic rings. The number of nitrogens with zero attached hydrogens (tertiary/aromatic N) is 3. The Kier molecular flexibility index (Phi) is 5.13. The molecule has 0 unspecified atom stereocenters. The summed E-state index contributed by atoms with van der Waals surface area (Å²) in [7, 11) is 0. The van der Waals surface area contributed by atoms with Crippen molar-refractivity contribution < 1.29 is 19.4 Å². The summed E-state index contributed by atoms with van der Waals surface area (Å²) in [6, 6.07) is 2.66. The maximum atomic E-state index is 12.2. The molecule has 0 aromatic carbocycles. The number of piperazine rings is 1. The molecule has 1 N–H and O–H groups in total. The van der Waals surface area contributed by atoms with Crippen molar-refractivity contribution in [2.24, 2.45) is 0 Å². The van der Waals surface area contributed by atoms with Gasteiger partial charge in [-0.05, 0) is 48.8 Å². The highest BCUT2D eigenvalue weighted by molar-refractivity contribution is 9.10. The van der Waals surface area contributed by atoms with Gasteiger partial charge in [0.1, 0.15) is 17.5 Å². The summed E-state index contributed by atoms with van der Waals surface area (Å²) in [5.74, 6) is -0.393. The highest BCUT2D eigenvalue weighted by atomic mass is 79.9. The highest BCUT2D eigenvalue weighted by Crippen LogP contribution is 2.26. The van der Waals surface area contributed by atoms with Gasteiger partial charge in [-0.2, -0.15) is 0 Å². The van der Waals surface area contributed by atoms with Crippen LogP contribution >= 0.6 is 15.9 Å². The van der Waals surface area contributed by atoms with Crippen molar-refractivity contribution in [1.82, 2.24) is 9.88 Å². The number of aliphatic carboxylic acids is 1. The molecule has 0 saturated carbocycles. The van der Waals surface area contributed by atoms with E-state index in [9.17, 15) is 14.7 Å². The molecule has 1 aromatic heterocycles. The Morgan fingerprint density at radius 3 is 2.65 bits per heavy atom. The third kappa shape index (κ3) is 4.34. The minimum Gasteiger partial charge on any atom is -0.480 e. The Balaban J connectivity index is 2.17. The van der Waals surface area contributed by atoms with Crippen LogP contribution in [0.4, 0.5) is 10.6 Å². The molecule has 1 fully saturated rings. The normalized spacial score (nSPS) is 18.7. The summed E-state index contributed by atoms with van der Waals surface area (Å²) in [5, 5.41) is 9.48. The van der Waals surface area contributed by atoms with Crippen LogP contribution in [0.15, 0.2) is 22.8 Å². The van der Waals surface area contributed by atoms with E-state index in [4.69, 9.17) is 4.74 Å². The molecule has 2 rings (SSSR count). The van der Waals surface area contributed by atoms with Crippen molar-refractivity contribution >= 4 is 33.8 Å². The number of amides is 1. The monoisotopic (exact) mass is 385 g/mol. The second-order valence-corrected chi connectivity index (χ2v) is 7.14. The van der Waals surface area contributed by atoms with Gasteiger partial charge in [0, 0.05) is 19.3 Å². The van der Waals surface area contributed by atoms with E-state index in [1.807, 2.05) is 11.0 Å². The van der Waals surface area contributed by atoms with E-state index in [1.54, 1.807) is 33.0 Å². The molecule has 7 nitrogen and oxygen atoms in total. The molecular formula is C15H20BrN3O4. The van der Waals surface area contributed by atoms with E-state index in [2.05, 4.69) is 20.9 Å². The largest absolute Gasteiger partial charge is 0.480 e. The molecule has 1 saturated heterocycles. The van der Waals surface area contributed by atoms with Gasteiger partial charge < -0.3 is 14.7 Å². The molecule has 2 heterocycles. The summed E-state index contributed by atoms with van der Waals surface area (Å²) in [6.45, 7) is 6.16. The van der Waals surface area contributed by atoms with Crippen LogP contribution in [-0.4, -0.2) is 58.3 Å². The Morgan fingerprint density at radius 1 is 1.39 bits per heavy atom. The molecule has 1 aliphatic heterocycles. The number of anilines is 1. The third-order valence-corrected chi connectivity index (χ3v) is 3.95. The van der Waals surface area contributed by atoms with Gasteiger partial charge in [0.25, 0.3) is 0 Å². The van der Waals surface area contributed by atoms with Crippen LogP contribution < -0.4 is 4.90 Å². The molecule has 126 valence electrons. The quantitative estimate of drug-likeness (QED) is 0.840. The van der Waals surface area contributed by atoms with Gasteiger partial charge in [-0.3, -0.25) is 4.90 Å². The van der Waals surface area contributed by atoms with E-state index in [0.717, 1.165) is 4.47 Å². The van der Waals surface area contributed by atoms with E-state index in [1.165, 1.54) is 4.90 Å². The fourth-order valence-electron chi connectivity index (χ4n) is 2.34. The lowest BCUT2D eigenvalue weighted by molar-refractivity contribution is -0.143. The third-order valence-electron chi connectivity index (χ3n) is 3.33. The first-order chi connectivity index (χ1) is 10.7. The van der Waals surface area contributed by atoms with Gasteiger partial charge in [-0.15, -0.1) is 0 Å². The van der Waals surface area contributed by atoms with E-state index in [0.29, 0.717) is 12.4 Å². The number of halogens is 1.